The van der Waals surface area contributed by atoms with E-state index in [2.05, 4.69) is 16.3 Å². The molecule has 116 valence electrons. The summed E-state index contributed by atoms with van der Waals surface area (Å²) in [6, 6.07) is 9.92. The Morgan fingerprint density at radius 2 is 2.13 bits per heavy atom. The second-order valence-electron chi connectivity index (χ2n) is 5.40. The summed E-state index contributed by atoms with van der Waals surface area (Å²) >= 11 is 2.84. The standard InChI is InChI=1S/C17H14N2O2S2/c20-14(13-7-6-11-3-1-4-12(11)9-13)10-23-17-19-18-16(21-17)15-5-2-8-22-15/h2,5-9H,1,3-4,10H2. The molecule has 0 saturated heterocycles. The maximum atomic E-state index is 12.3. The highest BCUT2D eigenvalue weighted by atomic mass is 32.2. The second kappa shape index (κ2) is 6.29. The third-order valence-electron chi connectivity index (χ3n) is 3.89. The van der Waals surface area contributed by atoms with E-state index in [1.165, 1.54) is 29.3 Å². The van der Waals surface area contributed by atoms with Gasteiger partial charge in [-0.1, -0.05) is 30.0 Å². The lowest BCUT2D eigenvalue weighted by molar-refractivity contribution is 0.102. The number of Topliss-reactive ketones (excluding diaryl/α,β-unsaturated/α-hetero) is 1. The van der Waals surface area contributed by atoms with Crippen LogP contribution < -0.4 is 0 Å². The zero-order valence-corrected chi connectivity index (χ0v) is 14.0. The number of thiophene rings is 1. The predicted molar refractivity (Wildman–Crippen MR) is 91.1 cm³/mol. The van der Waals surface area contributed by atoms with E-state index in [0.29, 0.717) is 16.9 Å². The lowest BCUT2D eigenvalue weighted by atomic mass is 10.0. The highest BCUT2D eigenvalue weighted by Gasteiger charge is 2.16. The maximum Gasteiger partial charge on any atom is 0.277 e. The minimum Gasteiger partial charge on any atom is -0.410 e. The third-order valence-corrected chi connectivity index (χ3v) is 5.56. The van der Waals surface area contributed by atoms with Gasteiger partial charge in [-0.05, 0) is 47.9 Å². The predicted octanol–water partition coefficient (Wildman–Crippen LogP) is 4.26. The molecule has 4 rings (SSSR count). The average Bonchev–Trinajstić information content (AvgIpc) is 3.32. The first-order valence-electron chi connectivity index (χ1n) is 7.45. The zero-order chi connectivity index (χ0) is 15.6. The molecule has 0 radical (unpaired) electrons. The molecular formula is C17H14N2O2S2. The molecule has 0 N–H and O–H groups in total. The monoisotopic (exact) mass is 342 g/mol. The number of aryl methyl sites for hydroxylation is 2. The molecule has 2 heterocycles. The molecule has 0 unspecified atom stereocenters. The second-order valence-corrected chi connectivity index (χ2v) is 7.27. The van der Waals surface area contributed by atoms with Gasteiger partial charge in [0, 0.05) is 5.56 Å². The molecule has 1 aromatic carbocycles. The number of carbonyl (C=O) groups is 1. The van der Waals surface area contributed by atoms with E-state index in [1.54, 1.807) is 11.3 Å². The summed E-state index contributed by atoms with van der Waals surface area (Å²) in [6.45, 7) is 0. The Kier molecular flexibility index (Phi) is 4.01. The Bertz CT molecular complexity index is 840. The molecule has 0 saturated carbocycles. The van der Waals surface area contributed by atoms with E-state index in [0.717, 1.165) is 23.3 Å². The molecule has 0 spiro atoms. The van der Waals surface area contributed by atoms with Gasteiger partial charge >= 0.3 is 0 Å². The van der Waals surface area contributed by atoms with Gasteiger partial charge in [0.2, 0.25) is 0 Å². The number of ketones is 1. The Hall–Kier alpha value is -1.92. The fraction of sp³-hybridized carbons (Fsp3) is 0.235. The Morgan fingerprint density at radius 1 is 1.22 bits per heavy atom. The van der Waals surface area contributed by atoms with Crippen molar-refractivity contribution in [2.24, 2.45) is 0 Å². The Morgan fingerprint density at radius 3 is 3.00 bits per heavy atom. The molecule has 1 aliphatic rings. The van der Waals surface area contributed by atoms with Crippen LogP contribution >= 0.6 is 23.1 Å². The first kappa shape index (κ1) is 14.7. The van der Waals surface area contributed by atoms with Gasteiger partial charge in [0.15, 0.2) is 5.78 Å². The molecule has 0 amide bonds. The number of hydrogen-bond donors (Lipinski definition) is 0. The van der Waals surface area contributed by atoms with E-state index in [-0.39, 0.29) is 5.78 Å². The summed E-state index contributed by atoms with van der Waals surface area (Å²) < 4.78 is 5.59. The lowest BCUT2D eigenvalue weighted by Gasteiger charge is -2.03. The van der Waals surface area contributed by atoms with E-state index in [4.69, 9.17) is 4.42 Å². The van der Waals surface area contributed by atoms with E-state index < -0.39 is 0 Å². The molecule has 4 nitrogen and oxygen atoms in total. The van der Waals surface area contributed by atoms with Crippen LogP contribution in [-0.2, 0) is 12.8 Å². The maximum absolute atomic E-state index is 12.3. The van der Waals surface area contributed by atoms with Crippen molar-refractivity contribution < 1.29 is 9.21 Å². The van der Waals surface area contributed by atoms with Crippen molar-refractivity contribution in [3.63, 3.8) is 0 Å². The molecule has 0 fully saturated rings. The normalized spacial score (nSPS) is 13.2. The fourth-order valence-corrected chi connectivity index (χ4v) is 4.03. The van der Waals surface area contributed by atoms with Crippen LogP contribution in [0.5, 0.6) is 0 Å². The average molecular weight is 342 g/mol. The van der Waals surface area contributed by atoms with E-state index in [9.17, 15) is 4.79 Å². The van der Waals surface area contributed by atoms with Crippen LogP contribution in [0.15, 0.2) is 45.4 Å². The van der Waals surface area contributed by atoms with Gasteiger partial charge in [-0.2, -0.15) is 0 Å². The molecule has 6 heteroatoms. The van der Waals surface area contributed by atoms with Crippen molar-refractivity contribution in [1.82, 2.24) is 10.2 Å². The lowest BCUT2D eigenvalue weighted by Crippen LogP contribution is -2.03. The van der Waals surface area contributed by atoms with Gasteiger partial charge in [0.25, 0.3) is 11.1 Å². The summed E-state index contributed by atoms with van der Waals surface area (Å²) in [5.41, 5.74) is 3.47. The van der Waals surface area contributed by atoms with Gasteiger partial charge in [0.05, 0.1) is 10.6 Å². The van der Waals surface area contributed by atoms with Crippen molar-refractivity contribution in [2.45, 2.75) is 24.5 Å². The van der Waals surface area contributed by atoms with Crippen LogP contribution in [0.2, 0.25) is 0 Å². The summed E-state index contributed by atoms with van der Waals surface area (Å²) in [6.07, 6.45) is 3.40. The molecule has 1 aliphatic carbocycles. The Labute approximate surface area is 141 Å². The van der Waals surface area contributed by atoms with Crippen LogP contribution in [0.3, 0.4) is 0 Å². The topological polar surface area (TPSA) is 56.0 Å². The number of fused-ring (bicyclic) bond motifs is 1. The minimum atomic E-state index is 0.0978. The van der Waals surface area contributed by atoms with Gasteiger partial charge in [0.1, 0.15) is 0 Å². The summed E-state index contributed by atoms with van der Waals surface area (Å²) in [5.74, 6) is 0.915. The molecule has 2 aromatic heterocycles. The largest absolute Gasteiger partial charge is 0.410 e. The number of hydrogen-bond acceptors (Lipinski definition) is 6. The summed E-state index contributed by atoms with van der Waals surface area (Å²) in [4.78, 5) is 13.3. The minimum absolute atomic E-state index is 0.0978. The fourth-order valence-electron chi connectivity index (χ4n) is 2.72. The van der Waals surface area contributed by atoms with Gasteiger partial charge in [-0.25, -0.2) is 0 Å². The first-order valence-corrected chi connectivity index (χ1v) is 9.31. The number of benzene rings is 1. The van der Waals surface area contributed by atoms with Crippen LogP contribution in [-0.4, -0.2) is 21.7 Å². The first-order chi connectivity index (χ1) is 11.3. The molecule has 0 aliphatic heterocycles. The van der Waals surface area contributed by atoms with Gasteiger partial charge in [-0.3, -0.25) is 4.79 Å². The van der Waals surface area contributed by atoms with Gasteiger partial charge < -0.3 is 4.42 Å². The van der Waals surface area contributed by atoms with Crippen molar-refractivity contribution in [3.8, 4) is 10.8 Å². The number of rotatable bonds is 5. The SMILES string of the molecule is O=C(CSc1nnc(-c2cccs2)o1)c1ccc2c(c1)CCC2. The molecule has 23 heavy (non-hydrogen) atoms. The summed E-state index contributed by atoms with van der Waals surface area (Å²) in [5, 5.41) is 10.4. The Balaban J connectivity index is 1.42. The molecular weight excluding hydrogens is 328 g/mol. The number of nitrogens with zero attached hydrogens (tertiary/aromatic N) is 2. The third kappa shape index (κ3) is 3.09. The van der Waals surface area contributed by atoms with Crippen molar-refractivity contribution >= 4 is 28.9 Å². The van der Waals surface area contributed by atoms with Crippen LogP contribution in [0.4, 0.5) is 0 Å². The summed E-state index contributed by atoms with van der Waals surface area (Å²) in [7, 11) is 0. The van der Waals surface area contributed by atoms with Crippen LogP contribution in [0, 0.1) is 0 Å². The molecule has 0 bridgehead atoms. The molecule has 3 aromatic rings. The number of carbonyl (C=O) groups excluding carboxylic acids is 1. The number of aromatic nitrogens is 2. The van der Waals surface area contributed by atoms with E-state index in [1.807, 2.05) is 29.6 Å². The highest BCUT2D eigenvalue weighted by Crippen LogP contribution is 2.27. The zero-order valence-electron chi connectivity index (χ0n) is 12.3. The van der Waals surface area contributed by atoms with Gasteiger partial charge in [-0.15, -0.1) is 21.5 Å². The van der Waals surface area contributed by atoms with Crippen LogP contribution in [0.1, 0.15) is 27.9 Å². The smallest absolute Gasteiger partial charge is 0.277 e. The van der Waals surface area contributed by atoms with Crippen molar-refractivity contribution in [1.29, 1.82) is 0 Å². The van der Waals surface area contributed by atoms with Crippen molar-refractivity contribution in [3.05, 3.63) is 52.4 Å². The van der Waals surface area contributed by atoms with Crippen LogP contribution in [0.25, 0.3) is 10.8 Å². The van der Waals surface area contributed by atoms with E-state index >= 15 is 0 Å². The highest BCUT2D eigenvalue weighted by molar-refractivity contribution is 7.99. The number of thioether (sulfide) groups is 1. The molecule has 0 atom stereocenters. The van der Waals surface area contributed by atoms with Crippen molar-refractivity contribution in [2.75, 3.05) is 5.75 Å². The quantitative estimate of drug-likeness (QED) is 0.512.